The molecule has 1 saturated heterocycles. The molecule has 0 saturated carbocycles. The summed E-state index contributed by atoms with van der Waals surface area (Å²) < 4.78 is 0.409. The summed E-state index contributed by atoms with van der Waals surface area (Å²) in [4.78, 5) is 36.9. The summed E-state index contributed by atoms with van der Waals surface area (Å²) in [5.74, 6) is -0.199. The highest BCUT2D eigenvalue weighted by Crippen LogP contribution is 2.21. The van der Waals surface area contributed by atoms with E-state index in [0.29, 0.717) is 42.7 Å². The third-order valence-electron chi connectivity index (χ3n) is 4.27. The van der Waals surface area contributed by atoms with Crippen molar-refractivity contribution in [2.24, 2.45) is 0 Å². The molecular weight excluding hydrogens is 428 g/mol. The van der Waals surface area contributed by atoms with Crippen molar-refractivity contribution < 1.29 is 14.4 Å². The summed E-state index contributed by atoms with van der Waals surface area (Å²) in [7, 11) is 0. The first kappa shape index (κ1) is 21.1. The number of halogens is 1. The molecule has 0 aromatic rings. The quantitative estimate of drug-likeness (QED) is 0.154. The van der Waals surface area contributed by atoms with Crippen molar-refractivity contribution >= 4 is 40.3 Å². The molecule has 0 radical (unpaired) electrons. The smallest absolute Gasteiger partial charge is 0.234 e. The van der Waals surface area contributed by atoms with E-state index in [2.05, 4.69) is 34.7 Å². The van der Waals surface area contributed by atoms with Crippen LogP contribution in [-0.4, -0.2) is 65.3 Å². The fourth-order valence-electron chi connectivity index (χ4n) is 2.86. The van der Waals surface area contributed by atoms with Gasteiger partial charge in [0.15, 0.2) is 0 Å². The Kier molecular flexibility index (Phi) is 10.2. The van der Waals surface area contributed by atoms with Gasteiger partial charge in [0, 0.05) is 38.1 Å². The molecule has 0 aromatic carbocycles. The van der Waals surface area contributed by atoms with Crippen molar-refractivity contribution in [3.63, 3.8) is 0 Å². The van der Waals surface area contributed by atoms with Crippen LogP contribution in [0, 0.1) is 0 Å². The number of piperidine rings is 1. The van der Waals surface area contributed by atoms with Crippen molar-refractivity contribution in [3.8, 4) is 0 Å². The highest BCUT2D eigenvalue weighted by atomic mass is 127. The molecule has 8 heteroatoms. The first-order valence-electron chi connectivity index (χ1n) is 8.55. The van der Waals surface area contributed by atoms with Gasteiger partial charge in [0.25, 0.3) is 0 Å². The molecule has 0 spiro atoms. The van der Waals surface area contributed by atoms with Gasteiger partial charge in [0.05, 0.1) is 11.0 Å². The van der Waals surface area contributed by atoms with Crippen molar-refractivity contribution in [2.45, 2.75) is 51.6 Å². The first-order chi connectivity index (χ1) is 11.4. The lowest BCUT2D eigenvalue weighted by atomic mass is 10.3. The molecule has 3 N–H and O–H groups in total. The van der Waals surface area contributed by atoms with Gasteiger partial charge in [0.2, 0.25) is 17.7 Å². The maximum atomic E-state index is 12.0. The van der Waals surface area contributed by atoms with Gasteiger partial charge in [-0.25, -0.2) is 0 Å². The first-order valence-corrected chi connectivity index (χ1v) is 10.1. The Bertz CT molecular complexity index is 424. The second-order valence-electron chi connectivity index (χ2n) is 6.23. The molecule has 3 amide bonds. The molecule has 1 heterocycles. The number of nitrogens with one attached hydrogen (secondary N) is 3. The van der Waals surface area contributed by atoms with Crippen LogP contribution < -0.4 is 16.0 Å². The van der Waals surface area contributed by atoms with Gasteiger partial charge in [0.1, 0.15) is 0 Å². The second kappa shape index (κ2) is 11.6. The zero-order valence-corrected chi connectivity index (χ0v) is 16.7. The Balaban J connectivity index is 2.11. The van der Waals surface area contributed by atoms with E-state index < -0.39 is 0 Å². The standard InChI is InChI=1S/C16H29IN4O3/c1-12-4-3-5-13(2)21(12)11-16(24)18-7-6-14(22)19-8-9-20-15(23)10-17/h12-13H,3-11H2,1-2H3,(H,18,24)(H,19,22)(H,20,23)/i1+1,2+1,12+1,13+1,18+1. The van der Waals surface area contributed by atoms with E-state index in [4.69, 9.17) is 0 Å². The van der Waals surface area contributed by atoms with E-state index in [9.17, 15) is 14.4 Å². The van der Waals surface area contributed by atoms with E-state index in [0.717, 1.165) is 12.8 Å². The molecule has 0 aromatic heterocycles. The Morgan fingerprint density at radius 1 is 0.917 bits per heavy atom. The van der Waals surface area contributed by atoms with Crippen LogP contribution >= 0.6 is 22.6 Å². The third-order valence-corrected chi connectivity index (χ3v) is 4.96. The zero-order chi connectivity index (χ0) is 17.9. The molecule has 2 atom stereocenters. The fourth-order valence-corrected chi connectivity index (χ4v) is 3.13. The van der Waals surface area contributed by atoms with Crippen LogP contribution in [0.3, 0.4) is 0 Å². The normalized spacial score (nSPS) is 21.1. The lowest BCUT2D eigenvalue weighted by molar-refractivity contribution is -0.124. The molecule has 1 rings (SSSR count). The minimum absolute atomic E-state index is 0.0299. The Morgan fingerprint density at radius 2 is 1.46 bits per heavy atom. The van der Waals surface area contributed by atoms with Gasteiger partial charge in [-0.15, -0.1) is 0 Å². The van der Waals surface area contributed by atoms with E-state index in [1.54, 1.807) is 0 Å². The summed E-state index contributed by atoms with van der Waals surface area (Å²) in [6.45, 7) is 5.87. The van der Waals surface area contributed by atoms with Gasteiger partial charge < -0.3 is 16.0 Å². The number of carbonyl (C=O) groups is 3. The molecule has 1 fully saturated rings. The summed E-state index contributed by atoms with van der Waals surface area (Å²) in [5.41, 5.74) is 0. The average molecular weight is 457 g/mol. The Labute approximate surface area is 157 Å². The molecule has 1 aliphatic heterocycles. The topological polar surface area (TPSA) is 90.5 Å². The van der Waals surface area contributed by atoms with Crippen molar-refractivity contribution in [1.29, 1.82) is 0 Å². The molecule has 0 bridgehead atoms. The van der Waals surface area contributed by atoms with Crippen LogP contribution in [0.5, 0.6) is 0 Å². The van der Waals surface area contributed by atoms with Crippen LogP contribution in [-0.2, 0) is 14.4 Å². The number of alkyl halides is 1. The van der Waals surface area contributed by atoms with Crippen LogP contribution in [0.4, 0.5) is 0 Å². The number of nitrogens with zero attached hydrogens (tertiary/aromatic N) is 1. The lowest BCUT2D eigenvalue weighted by Gasteiger charge is -2.38. The van der Waals surface area contributed by atoms with Crippen molar-refractivity contribution in [3.05, 3.63) is 0 Å². The SMILES string of the molecule is [13CH3][13CH]1CCC[13CH]([13CH3])N1CC(=O)[15NH]CCC(=O)NCCNC(=O)CI. The minimum atomic E-state index is -0.126. The predicted octanol–water partition coefficient (Wildman–Crippen LogP) is 0.423. The van der Waals surface area contributed by atoms with Gasteiger partial charge >= 0.3 is 0 Å². The highest BCUT2D eigenvalue weighted by Gasteiger charge is 2.26. The summed E-state index contributed by atoms with van der Waals surface area (Å²) in [5, 5.41) is 8.20. The molecular formula is C16H29IN4O3. The average Bonchev–Trinajstić information content (AvgIpc) is 2.55. The van der Waals surface area contributed by atoms with Gasteiger partial charge in [-0.05, 0) is 26.7 Å². The van der Waals surface area contributed by atoms with E-state index in [1.165, 1.54) is 6.42 Å². The number of rotatable bonds is 9. The summed E-state index contributed by atoms with van der Waals surface area (Å²) in [6.07, 6.45) is 3.73. The second-order valence-corrected chi connectivity index (χ2v) is 7.00. The lowest BCUT2D eigenvalue weighted by Crippen LogP contribution is -2.49. The number of amides is 3. The maximum Gasteiger partial charge on any atom is 0.234 e. The molecule has 0 aliphatic carbocycles. The monoisotopic (exact) mass is 457 g/mol. The molecule has 24 heavy (non-hydrogen) atoms. The van der Waals surface area contributed by atoms with Crippen LogP contribution in [0.2, 0.25) is 0 Å². The van der Waals surface area contributed by atoms with Gasteiger partial charge in [-0.1, -0.05) is 29.0 Å². The predicted molar refractivity (Wildman–Crippen MR) is 102 cm³/mol. The largest absolute Gasteiger partial charge is 0.354 e. The van der Waals surface area contributed by atoms with E-state index in [1.807, 2.05) is 22.6 Å². The van der Waals surface area contributed by atoms with Crippen LogP contribution in [0.25, 0.3) is 0 Å². The highest BCUT2D eigenvalue weighted by molar-refractivity contribution is 14.1. The zero-order valence-electron chi connectivity index (χ0n) is 14.6. The fraction of sp³-hybridized carbons (Fsp3) is 0.812. The number of hydrogen-bond donors (Lipinski definition) is 3. The molecule has 7 nitrogen and oxygen atoms in total. The number of likely N-dealkylation sites (tertiary alicyclic amines) is 1. The van der Waals surface area contributed by atoms with Crippen LogP contribution in [0.1, 0.15) is 39.5 Å². The molecule has 138 valence electrons. The summed E-state index contributed by atoms with van der Waals surface area (Å²) >= 11 is 1.98. The minimum Gasteiger partial charge on any atom is -0.354 e. The van der Waals surface area contributed by atoms with Crippen molar-refractivity contribution in [2.75, 3.05) is 30.6 Å². The maximum absolute atomic E-state index is 12.0. The van der Waals surface area contributed by atoms with Crippen LogP contribution in [0.15, 0.2) is 0 Å². The molecule has 1 aliphatic rings. The van der Waals surface area contributed by atoms with E-state index >= 15 is 0 Å². The summed E-state index contributed by atoms with van der Waals surface area (Å²) in [6, 6.07) is 0.862. The van der Waals surface area contributed by atoms with Crippen molar-refractivity contribution in [1.82, 2.24) is 20.9 Å². The van der Waals surface area contributed by atoms with Gasteiger partial charge in [-0.2, -0.15) is 0 Å². The third kappa shape index (κ3) is 8.27. The Morgan fingerprint density at radius 3 is 2.04 bits per heavy atom. The number of carbonyl (C=O) groups excluding carboxylic acids is 3. The van der Waals surface area contributed by atoms with E-state index in [-0.39, 0.29) is 24.1 Å². The Hall–Kier alpha value is -0.900. The number of hydrogen-bond acceptors (Lipinski definition) is 4. The van der Waals surface area contributed by atoms with Gasteiger partial charge in [-0.3, -0.25) is 19.3 Å². The molecule has 2 unspecified atom stereocenters.